The van der Waals surface area contributed by atoms with E-state index in [1.807, 2.05) is 6.92 Å². The monoisotopic (exact) mass is 370 g/mol. The number of rotatable bonds is 9. The summed E-state index contributed by atoms with van der Waals surface area (Å²) in [6.07, 6.45) is 3.71. The van der Waals surface area contributed by atoms with E-state index in [1.54, 1.807) is 30.3 Å². The second kappa shape index (κ2) is 9.33. The third-order valence-electron chi connectivity index (χ3n) is 3.94. The average molecular weight is 370 g/mol. The first-order valence-corrected chi connectivity index (χ1v) is 8.38. The predicted molar refractivity (Wildman–Crippen MR) is 105 cm³/mol. The van der Waals surface area contributed by atoms with Gasteiger partial charge in [-0.05, 0) is 37.3 Å². The van der Waals surface area contributed by atoms with E-state index in [9.17, 15) is 4.39 Å². The summed E-state index contributed by atoms with van der Waals surface area (Å²) in [5, 5.41) is 29.5. The molecule has 0 radical (unpaired) electrons. The molecule has 0 atom stereocenters. The van der Waals surface area contributed by atoms with Crippen LogP contribution >= 0.6 is 0 Å². The van der Waals surface area contributed by atoms with Gasteiger partial charge in [-0.1, -0.05) is 6.07 Å². The standard InChI is InChI=1S/C19H23FN6O/c1-3-24-16(9-10-21)13-7-8-18(26(12-22)19(13)23)25-11-14-15(20)5-4-6-17(14)27-2/h4-10,12,21-25H,3,11H2,1-2H3/b16-9-,21-10?,22-12?,23-19?. The molecule has 0 fully saturated rings. The van der Waals surface area contributed by atoms with Crippen LogP contribution in [0.2, 0.25) is 0 Å². The lowest BCUT2D eigenvalue weighted by Crippen LogP contribution is -2.28. The van der Waals surface area contributed by atoms with Crippen LogP contribution in [-0.2, 0) is 6.54 Å². The molecule has 27 heavy (non-hydrogen) atoms. The van der Waals surface area contributed by atoms with Crippen LogP contribution in [0.25, 0.3) is 5.70 Å². The SMILES string of the molecule is CCN/C(=C\C=N)c1ccc(NCc2c(F)cccc2OC)n(C=N)c1=N. The largest absolute Gasteiger partial charge is 0.496 e. The number of methoxy groups -OCH3 is 1. The molecule has 1 heterocycles. The molecule has 7 nitrogen and oxygen atoms in total. The van der Waals surface area contributed by atoms with Gasteiger partial charge in [-0.3, -0.25) is 15.4 Å². The number of benzene rings is 1. The second-order valence-electron chi connectivity index (χ2n) is 5.53. The molecule has 0 unspecified atom stereocenters. The first-order chi connectivity index (χ1) is 13.1. The first-order valence-electron chi connectivity index (χ1n) is 8.38. The van der Waals surface area contributed by atoms with Gasteiger partial charge in [0.25, 0.3) is 0 Å². The molecule has 0 bridgehead atoms. The maximum Gasteiger partial charge on any atom is 0.141 e. The molecule has 5 N–H and O–H groups in total. The number of ether oxygens (including phenoxy) is 1. The van der Waals surface area contributed by atoms with Crippen LogP contribution in [0.3, 0.4) is 0 Å². The summed E-state index contributed by atoms with van der Waals surface area (Å²) >= 11 is 0. The maximum absolute atomic E-state index is 14.1. The predicted octanol–water partition coefficient (Wildman–Crippen LogP) is 2.78. The minimum atomic E-state index is -0.394. The van der Waals surface area contributed by atoms with Gasteiger partial charge in [-0.2, -0.15) is 0 Å². The van der Waals surface area contributed by atoms with E-state index in [4.69, 9.17) is 21.0 Å². The highest BCUT2D eigenvalue weighted by molar-refractivity contribution is 5.82. The third kappa shape index (κ3) is 4.41. The molecule has 0 saturated heterocycles. The first kappa shape index (κ1) is 19.9. The van der Waals surface area contributed by atoms with Crippen LogP contribution in [0, 0.1) is 22.0 Å². The van der Waals surface area contributed by atoms with Crippen molar-refractivity contribution in [3.05, 3.63) is 58.8 Å². The minimum absolute atomic E-state index is 0.0737. The van der Waals surface area contributed by atoms with Crippen LogP contribution in [0.5, 0.6) is 5.75 Å². The van der Waals surface area contributed by atoms with Crippen molar-refractivity contribution in [3.8, 4) is 5.75 Å². The Morgan fingerprint density at radius 1 is 1.26 bits per heavy atom. The van der Waals surface area contributed by atoms with Crippen LogP contribution in [-0.4, -0.2) is 30.8 Å². The molecular formula is C19H23FN6O. The molecule has 8 heteroatoms. The Morgan fingerprint density at radius 3 is 2.67 bits per heavy atom. The Balaban J connectivity index is 2.39. The fraction of sp³-hybridized carbons (Fsp3) is 0.211. The van der Waals surface area contributed by atoms with Gasteiger partial charge in [-0.25, -0.2) is 4.39 Å². The number of pyridine rings is 1. The molecule has 2 rings (SSSR count). The molecule has 0 aliphatic heterocycles. The quantitative estimate of drug-likeness (QED) is 0.346. The summed E-state index contributed by atoms with van der Waals surface area (Å²) in [6, 6.07) is 8.04. The van der Waals surface area contributed by atoms with Crippen molar-refractivity contribution in [3.63, 3.8) is 0 Å². The number of anilines is 1. The third-order valence-corrected chi connectivity index (χ3v) is 3.94. The maximum atomic E-state index is 14.1. The fourth-order valence-electron chi connectivity index (χ4n) is 2.67. The van der Waals surface area contributed by atoms with Gasteiger partial charge in [0.05, 0.1) is 13.4 Å². The van der Waals surface area contributed by atoms with E-state index in [1.165, 1.54) is 17.7 Å². The van der Waals surface area contributed by atoms with Crippen molar-refractivity contribution in [1.82, 2.24) is 9.88 Å². The lowest BCUT2D eigenvalue weighted by Gasteiger charge is -2.17. The summed E-state index contributed by atoms with van der Waals surface area (Å²) in [5.41, 5.74) is 1.61. The topological polar surface area (TPSA) is 110 Å². The van der Waals surface area contributed by atoms with Crippen LogP contribution in [0.4, 0.5) is 10.2 Å². The minimum Gasteiger partial charge on any atom is -0.496 e. The zero-order valence-electron chi connectivity index (χ0n) is 15.3. The Hall–Kier alpha value is -3.42. The van der Waals surface area contributed by atoms with Crippen molar-refractivity contribution in [2.75, 3.05) is 19.0 Å². The second-order valence-corrected chi connectivity index (χ2v) is 5.53. The summed E-state index contributed by atoms with van der Waals surface area (Å²) in [4.78, 5) is 0. The van der Waals surface area contributed by atoms with Gasteiger partial charge in [0.15, 0.2) is 0 Å². The molecule has 0 saturated carbocycles. The van der Waals surface area contributed by atoms with Gasteiger partial charge in [0, 0.05) is 36.1 Å². The van der Waals surface area contributed by atoms with E-state index in [0.29, 0.717) is 34.9 Å². The number of nitrogens with zero attached hydrogens (tertiary/aromatic N) is 1. The van der Waals surface area contributed by atoms with Crippen molar-refractivity contribution < 1.29 is 9.13 Å². The molecule has 0 aliphatic rings. The van der Waals surface area contributed by atoms with E-state index >= 15 is 0 Å². The number of hydrogen-bond acceptors (Lipinski definition) is 6. The Labute approximate surface area is 157 Å². The number of nitrogens with one attached hydrogen (secondary N) is 5. The molecule has 0 amide bonds. The van der Waals surface area contributed by atoms with Crippen LogP contribution < -0.4 is 20.9 Å². The zero-order chi connectivity index (χ0) is 19.8. The van der Waals surface area contributed by atoms with Gasteiger partial charge in [0.2, 0.25) is 0 Å². The van der Waals surface area contributed by atoms with Gasteiger partial charge < -0.3 is 20.8 Å². The lowest BCUT2D eigenvalue weighted by molar-refractivity contribution is 0.405. The van der Waals surface area contributed by atoms with Crippen molar-refractivity contribution >= 4 is 24.1 Å². The number of halogens is 1. The summed E-state index contributed by atoms with van der Waals surface area (Å²) < 4.78 is 20.6. The molecule has 1 aromatic carbocycles. The number of hydrogen-bond donors (Lipinski definition) is 5. The van der Waals surface area contributed by atoms with Gasteiger partial charge in [-0.15, -0.1) is 0 Å². The highest BCUT2D eigenvalue weighted by Crippen LogP contribution is 2.22. The highest BCUT2D eigenvalue weighted by Gasteiger charge is 2.12. The van der Waals surface area contributed by atoms with Gasteiger partial charge in [0.1, 0.15) is 22.9 Å². The molecule has 1 aromatic heterocycles. The summed E-state index contributed by atoms with van der Waals surface area (Å²) in [7, 11) is 1.48. The molecule has 0 aliphatic carbocycles. The van der Waals surface area contributed by atoms with Crippen molar-refractivity contribution in [2.24, 2.45) is 0 Å². The Bertz CT molecular complexity index is 919. The van der Waals surface area contributed by atoms with E-state index in [-0.39, 0.29) is 12.0 Å². The molecular weight excluding hydrogens is 347 g/mol. The summed E-state index contributed by atoms with van der Waals surface area (Å²) in [6.45, 7) is 2.69. The van der Waals surface area contributed by atoms with Crippen LogP contribution in [0.1, 0.15) is 18.1 Å². The Morgan fingerprint density at radius 2 is 2.04 bits per heavy atom. The lowest BCUT2D eigenvalue weighted by atomic mass is 10.1. The normalized spacial score (nSPS) is 11.0. The van der Waals surface area contributed by atoms with Gasteiger partial charge >= 0.3 is 0 Å². The van der Waals surface area contributed by atoms with E-state index in [2.05, 4.69) is 10.6 Å². The smallest absolute Gasteiger partial charge is 0.141 e. The summed E-state index contributed by atoms with van der Waals surface area (Å²) in [5.74, 6) is 0.499. The van der Waals surface area contributed by atoms with Crippen molar-refractivity contribution in [2.45, 2.75) is 13.5 Å². The Kier molecular flexibility index (Phi) is 6.87. The number of aromatic nitrogens is 1. The highest BCUT2D eigenvalue weighted by atomic mass is 19.1. The van der Waals surface area contributed by atoms with Crippen LogP contribution in [0.15, 0.2) is 36.4 Å². The average Bonchev–Trinajstić information content (AvgIpc) is 2.67. The molecule has 142 valence electrons. The fourth-order valence-corrected chi connectivity index (χ4v) is 2.67. The number of allylic oxidation sites excluding steroid dienone is 1. The zero-order valence-corrected chi connectivity index (χ0v) is 15.3. The van der Waals surface area contributed by atoms with E-state index < -0.39 is 5.82 Å². The molecule has 2 aromatic rings. The van der Waals surface area contributed by atoms with Crippen molar-refractivity contribution in [1.29, 1.82) is 16.2 Å². The van der Waals surface area contributed by atoms with E-state index in [0.717, 1.165) is 12.6 Å². The molecule has 0 spiro atoms.